The number of halogens is 3. The van der Waals surface area contributed by atoms with E-state index in [0.717, 1.165) is 0 Å². The Hall–Kier alpha value is -1.17. The smallest absolute Gasteiger partial charge is 0.117 e. The van der Waals surface area contributed by atoms with Crippen LogP contribution in [-0.4, -0.2) is 15.0 Å². The maximum Gasteiger partial charge on any atom is 0.117 e. The van der Waals surface area contributed by atoms with Crippen LogP contribution in [0.25, 0.3) is 22.6 Å². The highest BCUT2D eigenvalue weighted by Crippen LogP contribution is 2.33. The van der Waals surface area contributed by atoms with Crippen molar-refractivity contribution in [3.05, 3.63) is 39.2 Å². The topological polar surface area (TPSA) is 52.8 Å². The lowest BCUT2D eigenvalue weighted by Crippen LogP contribution is -1.85. The molecular formula is C11H4BrCl2N4-. The Morgan fingerprint density at radius 3 is 2.50 bits per heavy atom. The van der Waals surface area contributed by atoms with Crippen molar-refractivity contribution < 1.29 is 0 Å². The summed E-state index contributed by atoms with van der Waals surface area (Å²) in [5.74, 6) is 0.446. The van der Waals surface area contributed by atoms with Crippen LogP contribution in [0.4, 0.5) is 0 Å². The van der Waals surface area contributed by atoms with Crippen molar-refractivity contribution in [3.8, 4) is 11.4 Å². The summed E-state index contributed by atoms with van der Waals surface area (Å²) < 4.78 is 0.592. The SMILES string of the molecule is Clc1cccc(Cl)c1-c1nc2c(Br)ncnc2[n-]1. The summed E-state index contributed by atoms with van der Waals surface area (Å²) in [6.07, 6.45) is 1.42. The van der Waals surface area contributed by atoms with Crippen LogP contribution in [0.15, 0.2) is 29.1 Å². The van der Waals surface area contributed by atoms with Gasteiger partial charge in [0.15, 0.2) is 0 Å². The largest absolute Gasteiger partial charge is 0.357 e. The zero-order valence-corrected chi connectivity index (χ0v) is 11.8. The highest BCUT2D eigenvalue weighted by Gasteiger charge is 2.09. The number of rotatable bonds is 1. The lowest BCUT2D eigenvalue weighted by molar-refractivity contribution is 1.17. The predicted octanol–water partition coefficient (Wildman–Crippen LogP) is 3.72. The average Bonchev–Trinajstić information content (AvgIpc) is 2.74. The minimum absolute atomic E-state index is 0.446. The van der Waals surface area contributed by atoms with Gasteiger partial charge in [0.25, 0.3) is 0 Å². The van der Waals surface area contributed by atoms with Crippen LogP contribution < -0.4 is 4.98 Å². The van der Waals surface area contributed by atoms with E-state index < -0.39 is 0 Å². The number of hydrogen-bond donors (Lipinski definition) is 0. The third-order valence-corrected chi connectivity index (χ3v) is 3.58. The summed E-state index contributed by atoms with van der Waals surface area (Å²) >= 11 is 15.5. The van der Waals surface area contributed by atoms with E-state index in [9.17, 15) is 0 Å². The summed E-state index contributed by atoms with van der Waals surface area (Å²) in [6, 6.07) is 5.25. The minimum atomic E-state index is 0.446. The van der Waals surface area contributed by atoms with Crippen LogP contribution in [-0.2, 0) is 0 Å². The van der Waals surface area contributed by atoms with Gasteiger partial charge < -0.3 is 15.0 Å². The maximum atomic E-state index is 6.12. The molecule has 0 N–H and O–H groups in total. The van der Waals surface area contributed by atoms with Gasteiger partial charge in [0.1, 0.15) is 4.60 Å². The first-order chi connectivity index (χ1) is 8.66. The second-order valence-electron chi connectivity index (χ2n) is 3.48. The number of aromatic nitrogens is 4. The van der Waals surface area contributed by atoms with Crippen molar-refractivity contribution >= 4 is 50.3 Å². The molecule has 18 heavy (non-hydrogen) atoms. The molecule has 0 aliphatic rings. The third kappa shape index (κ3) is 1.88. The highest BCUT2D eigenvalue weighted by atomic mass is 79.9. The highest BCUT2D eigenvalue weighted by molar-refractivity contribution is 9.10. The molecular weight excluding hydrogens is 339 g/mol. The third-order valence-electron chi connectivity index (χ3n) is 2.37. The molecule has 2 aromatic heterocycles. The minimum Gasteiger partial charge on any atom is -0.357 e. The quantitative estimate of drug-likeness (QED) is 0.632. The van der Waals surface area contributed by atoms with Crippen LogP contribution in [0.2, 0.25) is 10.0 Å². The van der Waals surface area contributed by atoms with Crippen molar-refractivity contribution in [1.82, 2.24) is 19.9 Å². The molecule has 0 aliphatic heterocycles. The fourth-order valence-corrected chi connectivity index (χ4v) is 2.51. The molecule has 0 radical (unpaired) electrons. The molecule has 4 nitrogen and oxygen atoms in total. The number of fused-ring (bicyclic) bond motifs is 1. The molecule has 0 saturated heterocycles. The fraction of sp³-hybridized carbons (Fsp3) is 0. The fourth-order valence-electron chi connectivity index (χ4n) is 1.58. The number of benzene rings is 1. The molecule has 2 heterocycles. The summed E-state index contributed by atoms with van der Waals surface area (Å²) in [7, 11) is 0. The van der Waals surface area contributed by atoms with Gasteiger partial charge in [-0.1, -0.05) is 29.3 Å². The second kappa shape index (κ2) is 4.50. The molecule has 3 aromatic rings. The lowest BCUT2D eigenvalue weighted by Gasteiger charge is -2.06. The van der Waals surface area contributed by atoms with Crippen molar-refractivity contribution in [3.63, 3.8) is 0 Å². The summed E-state index contributed by atoms with van der Waals surface area (Å²) in [4.78, 5) is 16.7. The number of imidazole rings is 1. The van der Waals surface area contributed by atoms with E-state index in [1.54, 1.807) is 18.2 Å². The van der Waals surface area contributed by atoms with Crippen LogP contribution in [0, 0.1) is 0 Å². The van der Waals surface area contributed by atoms with Gasteiger partial charge in [0.05, 0.1) is 10.0 Å². The molecule has 0 amide bonds. The molecule has 7 heteroatoms. The predicted molar refractivity (Wildman–Crippen MR) is 73.8 cm³/mol. The van der Waals surface area contributed by atoms with Crippen LogP contribution in [0.3, 0.4) is 0 Å². The van der Waals surface area contributed by atoms with Crippen LogP contribution >= 0.6 is 39.1 Å². The lowest BCUT2D eigenvalue weighted by atomic mass is 10.2. The van der Waals surface area contributed by atoms with Gasteiger partial charge >= 0.3 is 0 Å². The van der Waals surface area contributed by atoms with E-state index in [4.69, 9.17) is 23.2 Å². The van der Waals surface area contributed by atoms with Gasteiger partial charge in [0, 0.05) is 28.9 Å². The van der Waals surface area contributed by atoms with E-state index in [1.807, 2.05) is 0 Å². The van der Waals surface area contributed by atoms with Crippen molar-refractivity contribution in [2.24, 2.45) is 0 Å². The molecule has 0 unspecified atom stereocenters. The molecule has 0 fully saturated rings. The summed E-state index contributed by atoms with van der Waals surface area (Å²) in [6.45, 7) is 0. The Morgan fingerprint density at radius 1 is 1.11 bits per heavy atom. The van der Waals surface area contributed by atoms with Gasteiger partial charge in [-0.05, 0) is 28.1 Å². The Balaban J connectivity index is 2.30. The molecule has 0 aliphatic carbocycles. The first-order valence-corrected chi connectivity index (χ1v) is 6.47. The van der Waals surface area contributed by atoms with Crippen molar-refractivity contribution in [1.29, 1.82) is 0 Å². The number of hydrogen-bond acceptors (Lipinski definition) is 3. The molecule has 3 rings (SSSR count). The second-order valence-corrected chi connectivity index (χ2v) is 5.05. The molecule has 0 saturated carbocycles. The summed E-state index contributed by atoms with van der Waals surface area (Å²) in [5, 5.41) is 1.00. The zero-order valence-electron chi connectivity index (χ0n) is 8.73. The van der Waals surface area contributed by atoms with Gasteiger partial charge in [-0.25, -0.2) is 4.98 Å². The van der Waals surface area contributed by atoms with Gasteiger partial charge in [0.2, 0.25) is 0 Å². The Morgan fingerprint density at radius 2 is 1.83 bits per heavy atom. The van der Waals surface area contributed by atoms with E-state index in [0.29, 0.717) is 37.2 Å². The molecule has 0 atom stereocenters. The molecule has 0 bridgehead atoms. The van der Waals surface area contributed by atoms with Gasteiger partial charge in [-0.3, -0.25) is 0 Å². The number of nitrogens with zero attached hydrogens (tertiary/aromatic N) is 4. The first-order valence-electron chi connectivity index (χ1n) is 4.92. The van der Waals surface area contributed by atoms with Crippen LogP contribution in [0.1, 0.15) is 0 Å². The van der Waals surface area contributed by atoms with Crippen molar-refractivity contribution in [2.45, 2.75) is 0 Å². The van der Waals surface area contributed by atoms with E-state index in [2.05, 4.69) is 35.9 Å². The maximum absolute atomic E-state index is 6.12. The average molecular weight is 343 g/mol. The molecule has 0 spiro atoms. The normalized spacial score (nSPS) is 11.1. The van der Waals surface area contributed by atoms with E-state index in [-0.39, 0.29) is 0 Å². The molecule has 1 aromatic carbocycles. The Labute approximate surface area is 121 Å². The van der Waals surface area contributed by atoms with Crippen molar-refractivity contribution in [2.75, 3.05) is 0 Å². The van der Waals surface area contributed by atoms with Gasteiger partial charge in [-0.2, -0.15) is 0 Å². The summed E-state index contributed by atoms with van der Waals surface area (Å²) in [5.41, 5.74) is 1.69. The zero-order chi connectivity index (χ0) is 12.7. The first kappa shape index (κ1) is 11.9. The Kier molecular flexibility index (Phi) is 2.97. The standard InChI is InChI=1S/C11H4BrCl2N4/c12-9-8-11(16-4-15-9)18-10(17-8)7-5(13)2-1-3-6(7)14/h1-4H/q-1. The molecule has 90 valence electrons. The van der Waals surface area contributed by atoms with Crippen LogP contribution in [0.5, 0.6) is 0 Å². The van der Waals surface area contributed by atoms with Gasteiger partial charge in [-0.15, -0.1) is 0 Å². The van der Waals surface area contributed by atoms with E-state index >= 15 is 0 Å². The monoisotopic (exact) mass is 341 g/mol. The Bertz CT molecular complexity index is 721. The van der Waals surface area contributed by atoms with E-state index in [1.165, 1.54) is 6.33 Å².